The van der Waals surface area contributed by atoms with Crippen molar-refractivity contribution < 1.29 is 33.5 Å². The lowest BCUT2D eigenvalue weighted by atomic mass is 9.92. The van der Waals surface area contributed by atoms with Crippen molar-refractivity contribution in [3.8, 4) is 0 Å². The Hall–Kier alpha value is -6.10. The van der Waals surface area contributed by atoms with Gasteiger partial charge in [-0.25, -0.2) is 4.79 Å². The number of nitrogens with one attached hydrogen (secondary N) is 4. The number of methoxy groups -OCH3 is 1. The fourth-order valence-corrected chi connectivity index (χ4v) is 6.81. The Labute approximate surface area is 361 Å². The van der Waals surface area contributed by atoms with E-state index >= 15 is 0 Å². The molecule has 4 atom stereocenters. The highest BCUT2D eigenvalue weighted by Gasteiger charge is 2.24. The molecule has 0 unspecified atom stereocenters. The lowest BCUT2D eigenvalue weighted by Gasteiger charge is -2.19. The standard InChI is InChI=1S/C25H32N2O4.C25H32N2O3/c1-18(25(30)31-3)26-24(29)22(15-12-20-8-5-4-6-9-20)11-7-10-21-13-16-23(17-14-21)27-19(2)28;1-18(19(2)28)26-25(30)23(15-12-21-8-5-4-6-9-21)11-7-10-22-13-16-24(17-14-22)27-20(3)29/h4-6,8-9,13-14,16-18,22H,7,10-12,15H2,1-3H3,(H,26,29)(H,27,28);4-6,8-9,13-14,16-18,23H,7,10-12,15H2,1-3H3,(H,26,30)(H,27,29)/t18-,22+;18-,23+/m00/s1. The number of anilines is 2. The van der Waals surface area contributed by atoms with Crippen molar-refractivity contribution >= 4 is 46.8 Å². The minimum absolute atomic E-state index is 0.0376. The number of rotatable bonds is 22. The van der Waals surface area contributed by atoms with Crippen LogP contribution in [0.15, 0.2) is 109 Å². The van der Waals surface area contributed by atoms with Gasteiger partial charge in [0.15, 0.2) is 5.78 Å². The van der Waals surface area contributed by atoms with Gasteiger partial charge in [-0.3, -0.25) is 24.0 Å². The third kappa shape index (κ3) is 19.7. The average molecular weight is 833 g/mol. The molecule has 4 aromatic rings. The van der Waals surface area contributed by atoms with E-state index < -0.39 is 18.1 Å². The SMILES string of the molecule is CC(=O)Nc1ccc(CCC[C@H](CCc2ccccc2)C(=O)N[C@@H](C)C(C)=O)cc1.COC(=O)[C@H](C)NC(=O)[C@H](CCCc1ccc(NC(C)=O)cc1)CCc1ccccc1. The van der Waals surface area contributed by atoms with E-state index in [0.717, 1.165) is 74.7 Å². The van der Waals surface area contributed by atoms with E-state index in [2.05, 4.69) is 45.5 Å². The molecule has 4 aromatic carbocycles. The highest BCUT2D eigenvalue weighted by Crippen LogP contribution is 2.21. The molecule has 61 heavy (non-hydrogen) atoms. The van der Waals surface area contributed by atoms with Crippen molar-refractivity contribution in [3.63, 3.8) is 0 Å². The van der Waals surface area contributed by atoms with Gasteiger partial charge in [-0.2, -0.15) is 0 Å². The monoisotopic (exact) mass is 832 g/mol. The molecule has 0 aliphatic carbocycles. The molecule has 4 amide bonds. The van der Waals surface area contributed by atoms with Crippen molar-refractivity contribution in [2.45, 2.75) is 111 Å². The quantitative estimate of drug-likeness (QED) is 0.0581. The van der Waals surface area contributed by atoms with Gasteiger partial charge in [0.25, 0.3) is 0 Å². The molecule has 0 aliphatic rings. The van der Waals surface area contributed by atoms with E-state index in [1.165, 1.54) is 44.6 Å². The van der Waals surface area contributed by atoms with Gasteiger partial charge in [0, 0.05) is 37.1 Å². The molecule has 0 fully saturated rings. The van der Waals surface area contributed by atoms with Crippen LogP contribution in [-0.2, 0) is 59.2 Å². The van der Waals surface area contributed by atoms with Gasteiger partial charge in [-0.05, 0) is 131 Å². The number of ketones is 1. The number of aryl methyl sites for hydroxylation is 4. The van der Waals surface area contributed by atoms with E-state index in [-0.39, 0.29) is 41.2 Å². The molecule has 0 bridgehead atoms. The highest BCUT2D eigenvalue weighted by molar-refractivity contribution is 5.89. The van der Waals surface area contributed by atoms with Crippen LogP contribution in [0.2, 0.25) is 0 Å². The van der Waals surface area contributed by atoms with Crippen molar-refractivity contribution in [2.75, 3.05) is 17.7 Å². The van der Waals surface area contributed by atoms with Gasteiger partial charge in [-0.15, -0.1) is 0 Å². The van der Waals surface area contributed by atoms with Crippen LogP contribution in [0, 0.1) is 11.8 Å². The largest absolute Gasteiger partial charge is 0.467 e. The third-order valence-electron chi connectivity index (χ3n) is 10.5. The minimum Gasteiger partial charge on any atom is -0.467 e. The fourth-order valence-electron chi connectivity index (χ4n) is 6.81. The third-order valence-corrected chi connectivity index (χ3v) is 10.5. The zero-order chi connectivity index (χ0) is 44.6. The van der Waals surface area contributed by atoms with Crippen molar-refractivity contribution in [1.29, 1.82) is 0 Å². The summed E-state index contributed by atoms with van der Waals surface area (Å²) in [6, 6.07) is 34.6. The first-order valence-corrected chi connectivity index (χ1v) is 21.2. The molecule has 0 radical (unpaired) electrons. The highest BCUT2D eigenvalue weighted by atomic mass is 16.5. The van der Waals surface area contributed by atoms with Crippen LogP contribution in [0.25, 0.3) is 0 Å². The molecule has 0 saturated carbocycles. The second-order valence-corrected chi connectivity index (χ2v) is 15.6. The molecule has 0 saturated heterocycles. The smallest absolute Gasteiger partial charge is 0.328 e. The normalized spacial score (nSPS) is 12.6. The molecular formula is C50H64N4O7. The predicted molar refractivity (Wildman–Crippen MR) is 242 cm³/mol. The lowest BCUT2D eigenvalue weighted by Crippen LogP contribution is -2.42. The van der Waals surface area contributed by atoms with Crippen molar-refractivity contribution in [1.82, 2.24) is 10.6 Å². The van der Waals surface area contributed by atoms with Crippen LogP contribution in [0.5, 0.6) is 0 Å². The number of benzene rings is 4. The fraction of sp³-hybridized carbons (Fsp3) is 0.400. The van der Waals surface area contributed by atoms with Crippen molar-refractivity contribution in [2.24, 2.45) is 11.8 Å². The summed E-state index contributed by atoms with van der Waals surface area (Å²) < 4.78 is 4.71. The Morgan fingerprint density at radius 2 is 0.836 bits per heavy atom. The number of amides is 4. The van der Waals surface area contributed by atoms with Crippen molar-refractivity contribution in [3.05, 3.63) is 131 Å². The number of carbonyl (C=O) groups excluding carboxylic acids is 6. The summed E-state index contributed by atoms with van der Waals surface area (Å²) >= 11 is 0. The van der Waals surface area contributed by atoms with E-state index in [4.69, 9.17) is 4.74 Å². The van der Waals surface area contributed by atoms with E-state index in [1.54, 1.807) is 13.8 Å². The molecule has 11 nitrogen and oxygen atoms in total. The Balaban J connectivity index is 0.000000325. The first-order valence-electron chi connectivity index (χ1n) is 21.2. The number of hydrogen-bond acceptors (Lipinski definition) is 7. The summed E-state index contributed by atoms with van der Waals surface area (Å²) in [7, 11) is 1.31. The van der Waals surface area contributed by atoms with E-state index in [0.29, 0.717) is 6.42 Å². The van der Waals surface area contributed by atoms with Crippen LogP contribution in [0.1, 0.15) is 95.4 Å². The Kier molecular flexibility index (Phi) is 21.7. The maximum Gasteiger partial charge on any atom is 0.328 e. The van der Waals surface area contributed by atoms with Gasteiger partial charge in [0.2, 0.25) is 23.6 Å². The summed E-state index contributed by atoms with van der Waals surface area (Å²) in [5.74, 6) is -1.16. The molecule has 4 rings (SSSR count). The first kappa shape index (κ1) is 49.3. The topological polar surface area (TPSA) is 160 Å². The molecule has 326 valence electrons. The minimum atomic E-state index is -0.668. The average Bonchev–Trinajstić information content (AvgIpc) is 3.24. The van der Waals surface area contributed by atoms with Crippen LogP contribution in [0.4, 0.5) is 11.4 Å². The summed E-state index contributed by atoms with van der Waals surface area (Å²) in [5.41, 5.74) is 6.28. The zero-order valence-electron chi connectivity index (χ0n) is 36.6. The summed E-state index contributed by atoms with van der Waals surface area (Å²) in [4.78, 5) is 71.1. The molecule has 0 aromatic heterocycles. The van der Waals surface area contributed by atoms with Gasteiger partial charge >= 0.3 is 5.97 Å². The number of carbonyl (C=O) groups is 6. The maximum absolute atomic E-state index is 12.8. The van der Waals surface area contributed by atoms with Crippen LogP contribution in [0.3, 0.4) is 0 Å². The van der Waals surface area contributed by atoms with Crippen LogP contribution in [-0.4, -0.2) is 54.6 Å². The van der Waals surface area contributed by atoms with Gasteiger partial charge in [-0.1, -0.05) is 84.9 Å². The first-order chi connectivity index (χ1) is 29.2. The summed E-state index contributed by atoms with van der Waals surface area (Å²) in [6.45, 7) is 7.82. The molecule has 0 heterocycles. The molecule has 11 heteroatoms. The molecule has 4 N–H and O–H groups in total. The van der Waals surface area contributed by atoms with Crippen LogP contribution < -0.4 is 21.3 Å². The van der Waals surface area contributed by atoms with Crippen LogP contribution >= 0.6 is 0 Å². The molecule has 0 aliphatic heterocycles. The maximum atomic E-state index is 12.8. The van der Waals surface area contributed by atoms with Gasteiger partial charge in [0.05, 0.1) is 13.2 Å². The number of ether oxygens (including phenoxy) is 1. The van der Waals surface area contributed by atoms with Gasteiger partial charge < -0.3 is 26.0 Å². The van der Waals surface area contributed by atoms with E-state index in [9.17, 15) is 28.8 Å². The Morgan fingerprint density at radius 1 is 0.475 bits per heavy atom. The van der Waals surface area contributed by atoms with E-state index in [1.807, 2.05) is 84.9 Å². The lowest BCUT2D eigenvalue weighted by molar-refractivity contribution is -0.145. The molecule has 0 spiro atoms. The summed E-state index contributed by atoms with van der Waals surface area (Å²) in [6.07, 6.45) is 8.00. The molecular weight excluding hydrogens is 769 g/mol. The summed E-state index contributed by atoms with van der Waals surface area (Å²) in [5, 5.41) is 11.2. The second-order valence-electron chi connectivity index (χ2n) is 15.6. The zero-order valence-corrected chi connectivity index (χ0v) is 36.6. The second kappa shape index (κ2) is 26.9. The predicted octanol–water partition coefficient (Wildman–Crippen LogP) is 8.20. The Bertz CT molecular complexity index is 1970. The van der Waals surface area contributed by atoms with Gasteiger partial charge in [0.1, 0.15) is 6.04 Å². The number of hydrogen-bond donors (Lipinski definition) is 4. The Morgan fingerprint density at radius 3 is 1.18 bits per heavy atom. The number of esters is 1. The number of Topliss-reactive ketones (excluding diaryl/α,β-unsaturated/α-hetero) is 1.